The number of carbonyl (C=O) groups excluding carboxylic acids is 2. The molecule has 1 atom stereocenters. The third-order valence-electron chi connectivity index (χ3n) is 2.90. The van der Waals surface area contributed by atoms with Crippen molar-refractivity contribution in [2.75, 3.05) is 18.5 Å². The zero-order chi connectivity index (χ0) is 17.5. The molecule has 0 aromatic carbocycles. The number of hydrogen-bond donors (Lipinski definition) is 3. The van der Waals surface area contributed by atoms with Crippen molar-refractivity contribution in [2.45, 2.75) is 51.7 Å². The molecule has 2 amide bonds. The Morgan fingerprint density at radius 2 is 2.09 bits per heavy atom. The molecule has 0 aliphatic rings. The highest BCUT2D eigenvalue weighted by Gasteiger charge is 2.28. The third kappa shape index (κ3) is 6.59. The molecule has 0 aliphatic heterocycles. The van der Waals surface area contributed by atoms with Crippen LogP contribution in [0.25, 0.3) is 0 Å². The second-order valence-electron chi connectivity index (χ2n) is 6.09. The number of amides is 2. The lowest BCUT2D eigenvalue weighted by molar-refractivity contribution is -0.120. The number of nitrogens with two attached hydrogens (primary N) is 1. The zero-order valence-corrected chi connectivity index (χ0v) is 14.0. The summed E-state index contributed by atoms with van der Waals surface area (Å²) in [5, 5.41) is 15.8. The Bertz CT molecular complexity index is 498. The fourth-order valence-electron chi connectivity index (χ4n) is 1.83. The van der Waals surface area contributed by atoms with Gasteiger partial charge in [0.1, 0.15) is 11.6 Å². The van der Waals surface area contributed by atoms with Crippen LogP contribution < -0.4 is 16.0 Å². The molecule has 0 radical (unpaired) electrons. The van der Waals surface area contributed by atoms with Crippen LogP contribution in [0.3, 0.4) is 0 Å². The first-order chi connectivity index (χ1) is 10.7. The maximum absolute atomic E-state index is 12.5. The highest BCUT2D eigenvalue weighted by molar-refractivity contribution is 5.96. The van der Waals surface area contributed by atoms with E-state index in [1.165, 1.54) is 11.9 Å². The second kappa shape index (κ2) is 8.42. The van der Waals surface area contributed by atoms with E-state index in [2.05, 4.69) is 25.9 Å². The molecule has 0 saturated carbocycles. The van der Waals surface area contributed by atoms with E-state index in [1.807, 2.05) is 0 Å². The molecule has 0 aliphatic carbocycles. The van der Waals surface area contributed by atoms with Gasteiger partial charge < -0.3 is 15.8 Å². The number of tetrazole rings is 1. The zero-order valence-electron chi connectivity index (χ0n) is 14.0. The summed E-state index contributed by atoms with van der Waals surface area (Å²) in [7, 11) is 1.51. The molecule has 1 rings (SSSR count). The number of unbranched alkanes of at least 4 members (excludes halogenated alkanes) is 1. The van der Waals surface area contributed by atoms with Gasteiger partial charge in [-0.05, 0) is 51.8 Å². The van der Waals surface area contributed by atoms with E-state index >= 15 is 0 Å². The quantitative estimate of drug-likeness (QED) is 0.607. The molecule has 0 saturated heterocycles. The molecule has 10 heteroatoms. The number of carbonyl (C=O) groups is 2. The van der Waals surface area contributed by atoms with Crippen molar-refractivity contribution >= 4 is 17.9 Å². The Labute approximate surface area is 135 Å². The Morgan fingerprint density at radius 3 is 2.61 bits per heavy atom. The first-order valence-corrected chi connectivity index (χ1v) is 7.45. The van der Waals surface area contributed by atoms with Crippen molar-refractivity contribution in [3.05, 3.63) is 0 Å². The average molecular weight is 327 g/mol. The maximum atomic E-state index is 12.5. The van der Waals surface area contributed by atoms with Gasteiger partial charge in [0.15, 0.2) is 0 Å². The van der Waals surface area contributed by atoms with Gasteiger partial charge in [-0.1, -0.05) is 5.10 Å². The van der Waals surface area contributed by atoms with Gasteiger partial charge in [0, 0.05) is 7.05 Å². The molecule has 0 fully saturated rings. The normalized spacial score (nSPS) is 12.6. The molecule has 1 heterocycles. The molecule has 130 valence electrons. The largest absolute Gasteiger partial charge is 0.444 e. The van der Waals surface area contributed by atoms with Gasteiger partial charge >= 0.3 is 6.09 Å². The number of anilines is 1. The number of rotatable bonds is 7. The Balaban J connectivity index is 2.74. The minimum absolute atomic E-state index is 0.129. The summed E-state index contributed by atoms with van der Waals surface area (Å²) in [4.78, 5) is 25.7. The number of nitrogens with zero attached hydrogens (tertiary/aromatic N) is 4. The number of aromatic amines is 1. The average Bonchev–Trinajstić information content (AvgIpc) is 2.97. The van der Waals surface area contributed by atoms with Crippen LogP contribution in [-0.2, 0) is 9.53 Å². The van der Waals surface area contributed by atoms with Crippen LogP contribution in [0.4, 0.5) is 10.7 Å². The smallest absolute Gasteiger partial charge is 0.408 e. The lowest BCUT2D eigenvalue weighted by Crippen LogP contribution is -2.49. The minimum Gasteiger partial charge on any atom is -0.444 e. The van der Waals surface area contributed by atoms with Crippen LogP contribution in [0.1, 0.15) is 40.0 Å². The third-order valence-corrected chi connectivity index (χ3v) is 2.90. The molecule has 4 N–H and O–H groups in total. The lowest BCUT2D eigenvalue weighted by Gasteiger charge is -2.25. The van der Waals surface area contributed by atoms with E-state index < -0.39 is 17.7 Å². The topological polar surface area (TPSA) is 139 Å². The predicted molar refractivity (Wildman–Crippen MR) is 83.7 cm³/mol. The van der Waals surface area contributed by atoms with Gasteiger partial charge in [0.2, 0.25) is 0 Å². The Kier molecular flexibility index (Phi) is 6.89. The fraction of sp³-hybridized carbons (Fsp3) is 0.769. The van der Waals surface area contributed by atoms with Crippen LogP contribution in [0, 0.1) is 0 Å². The monoisotopic (exact) mass is 327 g/mol. The summed E-state index contributed by atoms with van der Waals surface area (Å²) < 4.78 is 5.20. The fourth-order valence-corrected chi connectivity index (χ4v) is 1.83. The number of H-pyrrole nitrogens is 1. The molecule has 1 unspecified atom stereocenters. The van der Waals surface area contributed by atoms with Crippen LogP contribution >= 0.6 is 0 Å². The predicted octanol–water partition coefficient (Wildman–Crippen LogP) is 0.185. The van der Waals surface area contributed by atoms with Gasteiger partial charge in [-0.15, -0.1) is 5.10 Å². The number of ether oxygens (including phenoxy) is 1. The molecule has 0 spiro atoms. The van der Waals surface area contributed by atoms with Gasteiger partial charge in [0.25, 0.3) is 11.9 Å². The van der Waals surface area contributed by atoms with Crippen molar-refractivity contribution < 1.29 is 14.3 Å². The maximum Gasteiger partial charge on any atom is 0.408 e. The van der Waals surface area contributed by atoms with Crippen molar-refractivity contribution in [1.82, 2.24) is 25.9 Å². The Hall–Kier alpha value is -2.23. The van der Waals surface area contributed by atoms with E-state index in [9.17, 15) is 9.59 Å². The van der Waals surface area contributed by atoms with Crippen molar-refractivity contribution in [3.63, 3.8) is 0 Å². The first kappa shape index (κ1) is 18.8. The van der Waals surface area contributed by atoms with E-state index in [1.54, 1.807) is 20.8 Å². The molecule has 23 heavy (non-hydrogen) atoms. The number of aromatic nitrogens is 4. The summed E-state index contributed by atoms with van der Waals surface area (Å²) in [6.45, 7) is 5.78. The van der Waals surface area contributed by atoms with Gasteiger partial charge in [-0.2, -0.15) is 5.21 Å². The number of hydrogen-bond acceptors (Lipinski definition) is 7. The molecular weight excluding hydrogens is 302 g/mol. The van der Waals surface area contributed by atoms with Gasteiger partial charge in [-0.3, -0.25) is 9.69 Å². The van der Waals surface area contributed by atoms with Crippen molar-refractivity contribution in [3.8, 4) is 0 Å². The summed E-state index contributed by atoms with van der Waals surface area (Å²) in [6, 6.07) is -0.750. The number of likely N-dealkylation sites (N-methyl/N-ethyl adjacent to an activating group) is 1. The second-order valence-corrected chi connectivity index (χ2v) is 6.09. The van der Waals surface area contributed by atoms with Crippen LogP contribution in [0.5, 0.6) is 0 Å². The number of alkyl carbamates (subject to hydrolysis) is 1. The highest BCUT2D eigenvalue weighted by Crippen LogP contribution is 2.11. The molecular formula is C13H25N7O3. The van der Waals surface area contributed by atoms with Gasteiger partial charge in [0.05, 0.1) is 0 Å². The SMILES string of the molecule is CN(C(=O)C(CCCCN)NC(=O)OC(C)(C)C)c1nn[nH]n1. The standard InChI is InChI=1S/C13H25N7O3/c1-13(2,3)23-12(22)15-9(7-5-6-8-14)10(21)20(4)11-16-18-19-17-11/h9H,5-8,14H2,1-4H3,(H,15,22)(H,16,17,18,19). The molecule has 0 bridgehead atoms. The van der Waals surface area contributed by atoms with Gasteiger partial charge in [-0.25, -0.2) is 4.79 Å². The van der Waals surface area contributed by atoms with E-state index in [4.69, 9.17) is 10.5 Å². The molecule has 10 nitrogen and oxygen atoms in total. The minimum atomic E-state index is -0.750. The highest BCUT2D eigenvalue weighted by atomic mass is 16.6. The number of nitrogens with one attached hydrogen (secondary N) is 2. The van der Waals surface area contributed by atoms with Crippen LogP contribution in [0.2, 0.25) is 0 Å². The van der Waals surface area contributed by atoms with Crippen molar-refractivity contribution in [2.24, 2.45) is 5.73 Å². The summed E-state index contributed by atoms with van der Waals surface area (Å²) in [5.74, 6) is -0.223. The summed E-state index contributed by atoms with van der Waals surface area (Å²) in [5.41, 5.74) is 4.83. The van der Waals surface area contributed by atoms with Crippen molar-refractivity contribution in [1.29, 1.82) is 0 Å². The van der Waals surface area contributed by atoms with Crippen LogP contribution in [-0.4, -0.2) is 57.9 Å². The Morgan fingerprint density at radius 1 is 1.39 bits per heavy atom. The first-order valence-electron chi connectivity index (χ1n) is 7.45. The summed E-state index contributed by atoms with van der Waals surface area (Å²) >= 11 is 0. The molecule has 1 aromatic rings. The van der Waals surface area contributed by atoms with Crippen LogP contribution in [0.15, 0.2) is 0 Å². The van der Waals surface area contributed by atoms with E-state index in [0.717, 1.165) is 6.42 Å². The molecule has 1 aromatic heterocycles. The van der Waals surface area contributed by atoms with E-state index in [0.29, 0.717) is 19.4 Å². The summed E-state index contributed by atoms with van der Waals surface area (Å²) in [6.07, 6.45) is 1.25. The lowest BCUT2D eigenvalue weighted by atomic mass is 10.1. The van der Waals surface area contributed by atoms with E-state index in [-0.39, 0.29) is 11.9 Å².